The molecule has 0 spiro atoms. The summed E-state index contributed by atoms with van der Waals surface area (Å²) in [6, 6.07) is 19.9. The van der Waals surface area contributed by atoms with E-state index >= 15 is 0 Å². The third-order valence-electron chi connectivity index (χ3n) is 4.83. The second-order valence-corrected chi connectivity index (χ2v) is 6.54. The number of benzene rings is 2. The van der Waals surface area contributed by atoms with Gasteiger partial charge in [-0.2, -0.15) is 5.26 Å². The van der Waals surface area contributed by atoms with E-state index in [2.05, 4.69) is 16.3 Å². The Morgan fingerprint density at radius 3 is 2.61 bits per heavy atom. The summed E-state index contributed by atoms with van der Waals surface area (Å²) in [5.74, 6) is 0.977. The molecule has 0 bridgehead atoms. The van der Waals surface area contributed by atoms with Crippen molar-refractivity contribution in [2.45, 2.75) is 25.9 Å². The molecule has 3 aromatic rings. The largest absolute Gasteiger partial charge is 0.489 e. The van der Waals surface area contributed by atoms with Gasteiger partial charge in [-0.05, 0) is 29.7 Å². The lowest BCUT2D eigenvalue weighted by Crippen LogP contribution is -2.21. The Hall–Kier alpha value is -3.72. The zero-order valence-corrected chi connectivity index (χ0v) is 15.5. The van der Waals surface area contributed by atoms with Gasteiger partial charge in [-0.3, -0.25) is 5.10 Å². The summed E-state index contributed by atoms with van der Waals surface area (Å²) in [7, 11) is 0. The standard InChI is InChI=1S/C22H20N4O2/c1-2-18-20-19(17(12-23)21(24)28-22(20)26-25-18)15-8-10-16(11-9-15)27-13-14-6-4-3-5-7-14/h3-11,19H,2,13,24H2,1H3,(H,25,26)/t19-/m0/s1. The monoisotopic (exact) mass is 372 g/mol. The first kappa shape index (κ1) is 17.7. The number of aromatic amines is 1. The Morgan fingerprint density at radius 2 is 1.93 bits per heavy atom. The molecule has 2 aromatic carbocycles. The minimum Gasteiger partial charge on any atom is -0.489 e. The maximum absolute atomic E-state index is 9.66. The zero-order chi connectivity index (χ0) is 19.5. The molecule has 0 radical (unpaired) electrons. The maximum Gasteiger partial charge on any atom is 0.244 e. The normalized spacial score (nSPS) is 15.5. The van der Waals surface area contributed by atoms with Crippen molar-refractivity contribution in [1.29, 1.82) is 5.26 Å². The molecule has 1 aliphatic heterocycles. The lowest BCUT2D eigenvalue weighted by molar-refractivity contribution is 0.306. The van der Waals surface area contributed by atoms with Gasteiger partial charge in [0.25, 0.3) is 0 Å². The van der Waals surface area contributed by atoms with Crippen LogP contribution in [0.3, 0.4) is 0 Å². The highest BCUT2D eigenvalue weighted by Crippen LogP contribution is 2.43. The van der Waals surface area contributed by atoms with Crippen LogP contribution in [0.5, 0.6) is 11.6 Å². The summed E-state index contributed by atoms with van der Waals surface area (Å²) in [4.78, 5) is 0. The van der Waals surface area contributed by atoms with Crippen LogP contribution in [0.2, 0.25) is 0 Å². The van der Waals surface area contributed by atoms with Gasteiger partial charge in [-0.1, -0.05) is 49.4 Å². The van der Waals surface area contributed by atoms with Gasteiger partial charge in [0, 0.05) is 11.3 Å². The SMILES string of the molecule is CCc1[nH]nc2c1[C@@H](c1ccc(OCc3ccccc3)cc1)C(C#N)=C(N)O2. The Labute approximate surface area is 163 Å². The fourth-order valence-corrected chi connectivity index (χ4v) is 3.41. The molecule has 28 heavy (non-hydrogen) atoms. The maximum atomic E-state index is 9.66. The van der Waals surface area contributed by atoms with Crippen molar-refractivity contribution >= 4 is 0 Å². The molecule has 2 heterocycles. The average molecular weight is 372 g/mol. The fraction of sp³-hybridized carbons (Fsp3) is 0.182. The molecule has 3 N–H and O–H groups in total. The summed E-state index contributed by atoms with van der Waals surface area (Å²) in [6.07, 6.45) is 0.749. The van der Waals surface area contributed by atoms with Gasteiger partial charge in [0.15, 0.2) is 0 Å². The molecule has 4 rings (SSSR count). The number of nitrogens with zero attached hydrogens (tertiary/aromatic N) is 2. The Bertz CT molecular complexity index is 1050. The highest BCUT2D eigenvalue weighted by atomic mass is 16.5. The molecule has 0 fully saturated rings. The van der Waals surface area contributed by atoms with Gasteiger partial charge in [0.2, 0.25) is 11.8 Å². The van der Waals surface area contributed by atoms with E-state index in [-0.39, 0.29) is 11.8 Å². The Balaban J connectivity index is 1.63. The quantitative estimate of drug-likeness (QED) is 0.710. The molecule has 1 aromatic heterocycles. The number of hydrogen-bond donors (Lipinski definition) is 2. The first-order valence-electron chi connectivity index (χ1n) is 9.12. The molecular weight excluding hydrogens is 352 g/mol. The van der Waals surface area contributed by atoms with E-state index in [0.29, 0.717) is 18.1 Å². The summed E-state index contributed by atoms with van der Waals surface area (Å²) in [5, 5.41) is 16.9. The van der Waals surface area contributed by atoms with Crippen molar-refractivity contribution in [3.8, 4) is 17.7 Å². The number of nitrogens with one attached hydrogen (secondary N) is 1. The van der Waals surface area contributed by atoms with E-state index in [0.717, 1.165) is 34.6 Å². The van der Waals surface area contributed by atoms with Gasteiger partial charge in [0.05, 0.1) is 5.92 Å². The third kappa shape index (κ3) is 3.19. The molecule has 0 aliphatic carbocycles. The van der Waals surface area contributed by atoms with E-state index in [1.54, 1.807) is 0 Å². The van der Waals surface area contributed by atoms with Crippen LogP contribution in [0, 0.1) is 11.3 Å². The topological polar surface area (TPSA) is 97.0 Å². The van der Waals surface area contributed by atoms with Gasteiger partial charge >= 0.3 is 0 Å². The molecular formula is C22H20N4O2. The predicted octanol–water partition coefficient (Wildman–Crippen LogP) is 3.77. The van der Waals surface area contributed by atoms with Crippen LogP contribution in [0.4, 0.5) is 0 Å². The van der Waals surface area contributed by atoms with E-state index in [1.165, 1.54) is 0 Å². The van der Waals surface area contributed by atoms with Crippen molar-refractivity contribution in [3.63, 3.8) is 0 Å². The van der Waals surface area contributed by atoms with Crippen LogP contribution in [-0.4, -0.2) is 10.2 Å². The molecule has 1 atom stereocenters. The zero-order valence-electron chi connectivity index (χ0n) is 15.5. The van der Waals surface area contributed by atoms with E-state index < -0.39 is 0 Å². The van der Waals surface area contributed by atoms with Crippen LogP contribution >= 0.6 is 0 Å². The number of aryl methyl sites for hydroxylation is 1. The third-order valence-corrected chi connectivity index (χ3v) is 4.83. The molecule has 1 aliphatic rings. The Kier molecular flexibility index (Phi) is 4.73. The summed E-state index contributed by atoms with van der Waals surface area (Å²) < 4.78 is 11.4. The van der Waals surface area contributed by atoms with Crippen molar-refractivity contribution in [2.24, 2.45) is 5.73 Å². The highest BCUT2D eigenvalue weighted by molar-refractivity contribution is 5.55. The predicted molar refractivity (Wildman–Crippen MR) is 104 cm³/mol. The first-order valence-corrected chi connectivity index (χ1v) is 9.12. The highest BCUT2D eigenvalue weighted by Gasteiger charge is 2.34. The number of aromatic nitrogens is 2. The summed E-state index contributed by atoms with van der Waals surface area (Å²) >= 11 is 0. The number of ether oxygens (including phenoxy) is 2. The fourth-order valence-electron chi connectivity index (χ4n) is 3.41. The average Bonchev–Trinajstić information content (AvgIpc) is 3.15. The number of allylic oxidation sites excluding steroid dienone is 1. The number of hydrogen-bond acceptors (Lipinski definition) is 5. The second-order valence-electron chi connectivity index (χ2n) is 6.54. The lowest BCUT2D eigenvalue weighted by atomic mass is 9.83. The smallest absolute Gasteiger partial charge is 0.244 e. The van der Waals surface area contributed by atoms with E-state index in [1.807, 2.05) is 61.5 Å². The molecule has 0 saturated heterocycles. The minimum atomic E-state index is -0.314. The minimum absolute atomic E-state index is 0.0959. The molecule has 0 unspecified atom stereocenters. The number of nitriles is 1. The second kappa shape index (κ2) is 7.49. The number of H-pyrrole nitrogens is 1. The van der Waals surface area contributed by atoms with Crippen LogP contribution in [0.15, 0.2) is 66.1 Å². The van der Waals surface area contributed by atoms with Crippen LogP contribution in [0.25, 0.3) is 0 Å². The van der Waals surface area contributed by atoms with Crippen molar-refractivity contribution in [3.05, 3.63) is 88.4 Å². The summed E-state index contributed by atoms with van der Waals surface area (Å²) in [5.41, 5.74) is 10.2. The van der Waals surface area contributed by atoms with Gasteiger partial charge in [-0.15, -0.1) is 5.10 Å². The van der Waals surface area contributed by atoms with Gasteiger partial charge < -0.3 is 15.2 Å². The molecule has 0 amide bonds. The molecule has 140 valence electrons. The molecule has 6 nitrogen and oxygen atoms in total. The van der Waals surface area contributed by atoms with Crippen LogP contribution in [-0.2, 0) is 13.0 Å². The Morgan fingerprint density at radius 1 is 1.18 bits per heavy atom. The van der Waals surface area contributed by atoms with Crippen LogP contribution < -0.4 is 15.2 Å². The number of nitrogens with two attached hydrogens (primary N) is 1. The number of rotatable bonds is 5. The van der Waals surface area contributed by atoms with Crippen molar-refractivity contribution in [2.75, 3.05) is 0 Å². The first-order chi connectivity index (χ1) is 13.7. The van der Waals surface area contributed by atoms with Gasteiger partial charge in [0.1, 0.15) is 24.0 Å². The molecule has 6 heteroatoms. The number of fused-ring (bicyclic) bond motifs is 1. The van der Waals surface area contributed by atoms with Crippen LogP contribution in [0.1, 0.15) is 35.2 Å². The lowest BCUT2D eigenvalue weighted by Gasteiger charge is -2.24. The van der Waals surface area contributed by atoms with Crippen molar-refractivity contribution < 1.29 is 9.47 Å². The summed E-state index contributed by atoms with van der Waals surface area (Å²) in [6.45, 7) is 2.53. The van der Waals surface area contributed by atoms with Gasteiger partial charge in [-0.25, -0.2) is 0 Å². The van der Waals surface area contributed by atoms with E-state index in [9.17, 15) is 5.26 Å². The molecule has 0 saturated carbocycles. The van der Waals surface area contributed by atoms with Crippen molar-refractivity contribution in [1.82, 2.24) is 10.2 Å². The van der Waals surface area contributed by atoms with E-state index in [4.69, 9.17) is 15.2 Å².